The van der Waals surface area contributed by atoms with E-state index in [9.17, 15) is 4.39 Å². The first-order valence-electron chi connectivity index (χ1n) is 4.40. The van der Waals surface area contributed by atoms with Crippen molar-refractivity contribution in [2.45, 2.75) is 6.92 Å². The number of nitrogens with zero attached hydrogens (tertiary/aromatic N) is 2. The topological polar surface area (TPSA) is 25.8 Å². The first kappa shape index (κ1) is 10.1. The van der Waals surface area contributed by atoms with E-state index in [-0.39, 0.29) is 5.82 Å². The Bertz CT molecular complexity index is 500. The fraction of sp³-hybridized carbons (Fsp3) is 0.0909. The van der Waals surface area contributed by atoms with Gasteiger partial charge in [-0.05, 0) is 30.2 Å². The van der Waals surface area contributed by atoms with Gasteiger partial charge in [-0.1, -0.05) is 17.7 Å². The third-order valence-corrected chi connectivity index (χ3v) is 2.45. The van der Waals surface area contributed by atoms with Crippen LogP contribution in [0.3, 0.4) is 0 Å². The lowest BCUT2D eigenvalue weighted by atomic mass is 10.0. The molecule has 0 fully saturated rings. The van der Waals surface area contributed by atoms with Gasteiger partial charge >= 0.3 is 0 Å². The van der Waals surface area contributed by atoms with Crippen molar-refractivity contribution in [2.75, 3.05) is 0 Å². The molecule has 1 aromatic carbocycles. The monoisotopic (exact) mass is 222 g/mol. The minimum absolute atomic E-state index is 0.296. The van der Waals surface area contributed by atoms with E-state index in [1.807, 2.05) is 6.92 Å². The van der Waals surface area contributed by atoms with Crippen molar-refractivity contribution in [1.29, 1.82) is 0 Å². The van der Waals surface area contributed by atoms with E-state index in [1.165, 1.54) is 18.5 Å². The van der Waals surface area contributed by atoms with Gasteiger partial charge in [0.1, 0.15) is 17.3 Å². The zero-order valence-corrected chi connectivity index (χ0v) is 8.79. The van der Waals surface area contributed by atoms with Gasteiger partial charge < -0.3 is 0 Å². The molecule has 2 aromatic rings. The Kier molecular flexibility index (Phi) is 2.64. The number of hydrogen-bond acceptors (Lipinski definition) is 2. The van der Waals surface area contributed by atoms with Crippen LogP contribution < -0.4 is 0 Å². The van der Waals surface area contributed by atoms with Gasteiger partial charge in [0.2, 0.25) is 0 Å². The highest BCUT2D eigenvalue weighted by Crippen LogP contribution is 2.28. The van der Waals surface area contributed by atoms with Gasteiger partial charge in [-0.25, -0.2) is 14.4 Å². The smallest absolute Gasteiger partial charge is 0.140 e. The number of aryl methyl sites for hydroxylation is 1. The molecule has 0 aliphatic carbocycles. The van der Waals surface area contributed by atoms with Crippen LogP contribution in [0.1, 0.15) is 5.56 Å². The average molecular weight is 223 g/mol. The Morgan fingerprint density at radius 1 is 1.27 bits per heavy atom. The molecule has 0 saturated carbocycles. The minimum Gasteiger partial charge on any atom is -0.244 e. The molecular formula is C11H8ClFN2. The highest BCUT2D eigenvalue weighted by Gasteiger charge is 2.08. The molecule has 0 saturated heterocycles. The lowest BCUT2D eigenvalue weighted by Crippen LogP contribution is -1.89. The maximum atomic E-state index is 13.1. The highest BCUT2D eigenvalue weighted by molar-refractivity contribution is 6.32. The van der Waals surface area contributed by atoms with E-state index >= 15 is 0 Å². The molecule has 76 valence electrons. The molecule has 0 amide bonds. The second-order valence-corrected chi connectivity index (χ2v) is 3.54. The Balaban J connectivity index is 2.64. The van der Waals surface area contributed by atoms with E-state index in [4.69, 9.17) is 11.6 Å². The van der Waals surface area contributed by atoms with Gasteiger partial charge in [-0.2, -0.15) is 0 Å². The summed E-state index contributed by atoms with van der Waals surface area (Å²) in [5, 5.41) is 0.332. The van der Waals surface area contributed by atoms with Gasteiger partial charge in [0.05, 0.1) is 0 Å². The van der Waals surface area contributed by atoms with E-state index in [1.54, 1.807) is 12.3 Å². The number of halogens is 2. The summed E-state index contributed by atoms with van der Waals surface area (Å²) in [6, 6.07) is 4.55. The molecule has 0 N–H and O–H groups in total. The summed E-state index contributed by atoms with van der Waals surface area (Å²) >= 11 is 5.91. The highest BCUT2D eigenvalue weighted by atomic mass is 35.5. The first-order valence-corrected chi connectivity index (χ1v) is 4.78. The molecule has 2 rings (SSSR count). The van der Waals surface area contributed by atoms with E-state index < -0.39 is 0 Å². The fourth-order valence-corrected chi connectivity index (χ4v) is 1.57. The van der Waals surface area contributed by atoms with Crippen LogP contribution >= 0.6 is 11.6 Å². The van der Waals surface area contributed by atoms with Crippen LogP contribution in [0.2, 0.25) is 5.15 Å². The predicted molar refractivity (Wildman–Crippen MR) is 57.2 cm³/mol. The predicted octanol–water partition coefficient (Wildman–Crippen LogP) is 3.24. The van der Waals surface area contributed by atoms with E-state index in [0.29, 0.717) is 10.7 Å². The molecule has 0 aliphatic rings. The van der Waals surface area contributed by atoms with Crippen molar-refractivity contribution in [1.82, 2.24) is 9.97 Å². The number of hydrogen-bond donors (Lipinski definition) is 0. The van der Waals surface area contributed by atoms with Crippen molar-refractivity contribution in [3.8, 4) is 11.1 Å². The summed E-state index contributed by atoms with van der Waals surface area (Å²) in [6.45, 7) is 1.89. The first-order chi connectivity index (χ1) is 7.18. The van der Waals surface area contributed by atoms with E-state index in [0.717, 1.165) is 11.1 Å². The average Bonchev–Trinajstić information content (AvgIpc) is 2.23. The second-order valence-electron chi connectivity index (χ2n) is 3.19. The maximum absolute atomic E-state index is 13.1. The van der Waals surface area contributed by atoms with Gasteiger partial charge in [0.25, 0.3) is 0 Å². The summed E-state index contributed by atoms with van der Waals surface area (Å²) < 4.78 is 13.1. The number of benzene rings is 1. The standard InChI is InChI=1S/C11H8ClFN2/c1-7-2-3-8(13)4-9(7)10-5-14-6-15-11(10)12/h2-6H,1H3. The largest absolute Gasteiger partial charge is 0.244 e. The van der Waals surface area contributed by atoms with Crippen molar-refractivity contribution >= 4 is 11.6 Å². The summed E-state index contributed by atoms with van der Waals surface area (Å²) in [7, 11) is 0. The number of aromatic nitrogens is 2. The van der Waals surface area contributed by atoms with Crippen LogP contribution in [0.5, 0.6) is 0 Å². The normalized spacial score (nSPS) is 10.3. The van der Waals surface area contributed by atoms with Gasteiger partial charge in [0.15, 0.2) is 0 Å². The summed E-state index contributed by atoms with van der Waals surface area (Å²) in [6.07, 6.45) is 2.94. The van der Waals surface area contributed by atoms with Crippen molar-refractivity contribution in [2.24, 2.45) is 0 Å². The summed E-state index contributed by atoms with van der Waals surface area (Å²) in [4.78, 5) is 7.73. The van der Waals surface area contributed by atoms with Crippen molar-refractivity contribution in [3.05, 3.63) is 47.3 Å². The van der Waals surface area contributed by atoms with Crippen LogP contribution in [0.4, 0.5) is 4.39 Å². The molecular weight excluding hydrogens is 215 g/mol. The molecule has 1 aromatic heterocycles. The third kappa shape index (κ3) is 1.97. The molecule has 0 bridgehead atoms. The molecule has 0 spiro atoms. The Labute approximate surface area is 91.8 Å². The van der Waals surface area contributed by atoms with Gasteiger partial charge in [0, 0.05) is 11.8 Å². The van der Waals surface area contributed by atoms with Crippen molar-refractivity contribution in [3.63, 3.8) is 0 Å². The van der Waals surface area contributed by atoms with Crippen LogP contribution in [0, 0.1) is 12.7 Å². The summed E-state index contributed by atoms with van der Waals surface area (Å²) in [5.74, 6) is -0.296. The maximum Gasteiger partial charge on any atom is 0.140 e. The van der Waals surface area contributed by atoms with Crippen LogP contribution in [-0.2, 0) is 0 Å². The fourth-order valence-electron chi connectivity index (χ4n) is 1.38. The second kappa shape index (κ2) is 3.95. The third-order valence-electron chi connectivity index (χ3n) is 2.15. The zero-order valence-electron chi connectivity index (χ0n) is 8.04. The Morgan fingerprint density at radius 3 is 2.80 bits per heavy atom. The lowest BCUT2D eigenvalue weighted by molar-refractivity contribution is 0.628. The molecule has 2 nitrogen and oxygen atoms in total. The minimum atomic E-state index is -0.296. The molecule has 0 aliphatic heterocycles. The molecule has 0 unspecified atom stereocenters. The Hall–Kier alpha value is -1.48. The van der Waals surface area contributed by atoms with Crippen LogP contribution in [0.15, 0.2) is 30.7 Å². The lowest BCUT2D eigenvalue weighted by Gasteiger charge is -2.06. The zero-order chi connectivity index (χ0) is 10.8. The molecule has 4 heteroatoms. The van der Waals surface area contributed by atoms with E-state index in [2.05, 4.69) is 9.97 Å². The Morgan fingerprint density at radius 2 is 2.07 bits per heavy atom. The molecule has 15 heavy (non-hydrogen) atoms. The van der Waals surface area contributed by atoms with Gasteiger partial charge in [-0.15, -0.1) is 0 Å². The molecule has 1 heterocycles. The van der Waals surface area contributed by atoms with Crippen molar-refractivity contribution < 1.29 is 4.39 Å². The summed E-state index contributed by atoms with van der Waals surface area (Å²) in [5.41, 5.74) is 2.31. The van der Waals surface area contributed by atoms with Gasteiger partial charge in [-0.3, -0.25) is 0 Å². The molecule has 0 atom stereocenters. The number of rotatable bonds is 1. The quantitative estimate of drug-likeness (QED) is 0.693. The molecule has 0 radical (unpaired) electrons. The van der Waals surface area contributed by atoms with Crippen LogP contribution in [0.25, 0.3) is 11.1 Å². The SMILES string of the molecule is Cc1ccc(F)cc1-c1cncnc1Cl. The van der Waals surface area contributed by atoms with Crippen LogP contribution in [-0.4, -0.2) is 9.97 Å².